The van der Waals surface area contributed by atoms with E-state index in [4.69, 9.17) is 16.3 Å². The largest absolute Gasteiger partial charge is 0.452 e. The number of benzene rings is 2. The van der Waals surface area contributed by atoms with E-state index >= 15 is 0 Å². The van der Waals surface area contributed by atoms with Crippen LogP contribution < -0.4 is 10.6 Å². The first-order valence-electron chi connectivity index (χ1n) is 8.66. The predicted octanol–water partition coefficient (Wildman–Crippen LogP) is 3.30. The maximum Gasteiger partial charge on any atom is 0.341 e. The zero-order valence-corrected chi connectivity index (χ0v) is 15.6. The summed E-state index contributed by atoms with van der Waals surface area (Å²) in [5.41, 5.74) is 0.863. The van der Waals surface area contributed by atoms with Crippen molar-refractivity contribution >= 4 is 34.9 Å². The van der Waals surface area contributed by atoms with Crippen LogP contribution in [-0.2, 0) is 16.1 Å². The van der Waals surface area contributed by atoms with E-state index in [9.17, 15) is 19.7 Å². The number of hydrogen-bond acceptors (Lipinski definition) is 6. The van der Waals surface area contributed by atoms with Gasteiger partial charge in [-0.2, -0.15) is 0 Å². The number of carbonyl (C=O) groups excluding carboxylic acids is 2. The van der Waals surface area contributed by atoms with Crippen molar-refractivity contribution in [2.45, 2.75) is 25.4 Å². The number of rotatable bonds is 8. The highest BCUT2D eigenvalue weighted by Crippen LogP contribution is 2.25. The van der Waals surface area contributed by atoms with Gasteiger partial charge in [0.05, 0.1) is 10.5 Å². The Kier molecular flexibility index (Phi) is 6.10. The molecule has 0 spiro atoms. The average molecular weight is 404 g/mol. The summed E-state index contributed by atoms with van der Waals surface area (Å²) >= 11 is 6.13. The number of halogens is 1. The van der Waals surface area contributed by atoms with E-state index in [1.807, 2.05) is 12.1 Å². The first kappa shape index (κ1) is 19.6. The van der Waals surface area contributed by atoms with Crippen molar-refractivity contribution in [1.29, 1.82) is 0 Å². The molecule has 0 heterocycles. The van der Waals surface area contributed by atoms with Crippen molar-refractivity contribution in [3.05, 3.63) is 68.7 Å². The normalized spacial score (nSPS) is 12.9. The van der Waals surface area contributed by atoms with Crippen LogP contribution in [0.5, 0.6) is 0 Å². The molecule has 1 aliphatic carbocycles. The number of nitro benzene ring substituents is 1. The second kappa shape index (κ2) is 8.71. The Balaban J connectivity index is 1.73. The van der Waals surface area contributed by atoms with E-state index in [0.29, 0.717) is 17.3 Å². The van der Waals surface area contributed by atoms with Crippen molar-refractivity contribution in [2.24, 2.45) is 0 Å². The molecule has 9 heteroatoms. The van der Waals surface area contributed by atoms with Crippen LogP contribution in [0.1, 0.15) is 28.8 Å². The molecule has 2 N–H and O–H groups in total. The highest BCUT2D eigenvalue weighted by molar-refractivity contribution is 6.31. The second-order valence-electron chi connectivity index (χ2n) is 6.35. The fourth-order valence-corrected chi connectivity index (χ4v) is 2.71. The lowest BCUT2D eigenvalue weighted by Gasteiger charge is -2.12. The topological polar surface area (TPSA) is 111 Å². The summed E-state index contributed by atoms with van der Waals surface area (Å²) in [6.45, 7) is -0.137. The number of carbonyl (C=O) groups is 2. The molecule has 1 aliphatic rings. The summed E-state index contributed by atoms with van der Waals surface area (Å²) in [6, 6.07) is 11.2. The van der Waals surface area contributed by atoms with Gasteiger partial charge in [0.1, 0.15) is 0 Å². The maximum absolute atomic E-state index is 12.4. The zero-order valence-electron chi connectivity index (χ0n) is 14.8. The van der Waals surface area contributed by atoms with Gasteiger partial charge in [-0.3, -0.25) is 14.9 Å². The molecule has 28 heavy (non-hydrogen) atoms. The molecular weight excluding hydrogens is 386 g/mol. The van der Waals surface area contributed by atoms with Crippen LogP contribution in [0.15, 0.2) is 42.5 Å². The summed E-state index contributed by atoms with van der Waals surface area (Å²) in [5.74, 6) is -1.22. The molecule has 2 aromatic carbocycles. The van der Waals surface area contributed by atoms with Gasteiger partial charge < -0.3 is 15.4 Å². The lowest BCUT2D eigenvalue weighted by molar-refractivity contribution is -0.384. The average Bonchev–Trinajstić information content (AvgIpc) is 3.49. The van der Waals surface area contributed by atoms with Crippen LogP contribution in [0.2, 0.25) is 5.02 Å². The van der Waals surface area contributed by atoms with Crippen molar-refractivity contribution in [3.63, 3.8) is 0 Å². The molecule has 0 aromatic heterocycles. The molecule has 0 atom stereocenters. The Morgan fingerprint density at radius 3 is 2.64 bits per heavy atom. The van der Waals surface area contributed by atoms with Gasteiger partial charge in [-0.25, -0.2) is 4.79 Å². The molecule has 0 bridgehead atoms. The Hall–Kier alpha value is -3.13. The van der Waals surface area contributed by atoms with Crippen LogP contribution >= 0.6 is 11.6 Å². The summed E-state index contributed by atoms with van der Waals surface area (Å²) in [7, 11) is 0. The minimum absolute atomic E-state index is 0.0273. The molecule has 0 aliphatic heterocycles. The first-order chi connectivity index (χ1) is 13.4. The van der Waals surface area contributed by atoms with Crippen LogP contribution in [-0.4, -0.2) is 29.4 Å². The number of ether oxygens (including phenoxy) is 1. The fraction of sp³-hybridized carbons (Fsp3) is 0.263. The van der Waals surface area contributed by atoms with Crippen LogP contribution in [0.4, 0.5) is 11.4 Å². The molecule has 0 saturated heterocycles. The van der Waals surface area contributed by atoms with Crippen molar-refractivity contribution in [1.82, 2.24) is 5.32 Å². The smallest absolute Gasteiger partial charge is 0.341 e. The van der Waals surface area contributed by atoms with E-state index in [-0.39, 0.29) is 17.3 Å². The van der Waals surface area contributed by atoms with Gasteiger partial charge in [0.2, 0.25) is 0 Å². The lowest BCUT2D eigenvalue weighted by atomic mass is 10.1. The zero-order chi connectivity index (χ0) is 20.1. The van der Waals surface area contributed by atoms with E-state index in [1.54, 1.807) is 12.1 Å². The number of nitrogens with one attached hydrogen (secondary N) is 2. The van der Waals surface area contributed by atoms with Gasteiger partial charge in [-0.1, -0.05) is 29.8 Å². The minimum Gasteiger partial charge on any atom is -0.452 e. The highest BCUT2D eigenvalue weighted by Gasteiger charge is 2.24. The van der Waals surface area contributed by atoms with Gasteiger partial charge in [0.15, 0.2) is 6.61 Å². The summed E-state index contributed by atoms with van der Waals surface area (Å²) < 4.78 is 5.03. The van der Waals surface area contributed by atoms with Crippen molar-refractivity contribution in [3.8, 4) is 0 Å². The minimum atomic E-state index is -0.823. The Morgan fingerprint density at radius 1 is 1.21 bits per heavy atom. The van der Waals surface area contributed by atoms with Crippen molar-refractivity contribution < 1.29 is 19.2 Å². The molecule has 1 fully saturated rings. The summed E-state index contributed by atoms with van der Waals surface area (Å²) in [5, 5.41) is 17.4. The number of hydrogen-bond donors (Lipinski definition) is 2. The third kappa shape index (κ3) is 5.20. The number of nitrogens with zero attached hydrogens (tertiary/aromatic N) is 1. The molecule has 1 saturated carbocycles. The molecule has 146 valence electrons. The van der Waals surface area contributed by atoms with E-state index in [0.717, 1.165) is 24.5 Å². The Labute approximate surface area is 166 Å². The van der Waals surface area contributed by atoms with Gasteiger partial charge in [-0.15, -0.1) is 0 Å². The molecule has 0 radical (unpaired) electrons. The molecular formula is C19H18ClN3O5. The predicted molar refractivity (Wildman–Crippen MR) is 103 cm³/mol. The molecule has 0 unspecified atom stereocenters. The van der Waals surface area contributed by atoms with Crippen LogP contribution in [0.25, 0.3) is 0 Å². The van der Waals surface area contributed by atoms with Crippen LogP contribution in [0.3, 0.4) is 0 Å². The lowest BCUT2D eigenvalue weighted by Crippen LogP contribution is -2.30. The maximum atomic E-state index is 12.4. The third-order valence-electron chi connectivity index (χ3n) is 4.14. The summed E-state index contributed by atoms with van der Waals surface area (Å²) in [6.07, 6.45) is 1.83. The number of esters is 1. The summed E-state index contributed by atoms with van der Waals surface area (Å²) in [4.78, 5) is 34.6. The molecule has 8 nitrogen and oxygen atoms in total. The highest BCUT2D eigenvalue weighted by atomic mass is 35.5. The standard InChI is InChI=1S/C19H18ClN3O5/c20-16-4-2-1-3-12(16)10-21-17-8-7-14(23(26)27)9-15(17)19(25)28-11-18(24)22-13-5-6-13/h1-4,7-9,13,21H,5-6,10-11H2,(H,22,24). The molecule has 3 rings (SSSR count). The van der Waals surface area contributed by atoms with E-state index < -0.39 is 23.4 Å². The number of anilines is 1. The molecule has 1 amide bonds. The van der Waals surface area contributed by atoms with Crippen molar-refractivity contribution in [2.75, 3.05) is 11.9 Å². The third-order valence-corrected chi connectivity index (χ3v) is 4.51. The molecule has 2 aromatic rings. The Bertz CT molecular complexity index is 914. The van der Waals surface area contributed by atoms with Gasteiger partial charge in [0, 0.05) is 35.4 Å². The van der Waals surface area contributed by atoms with Gasteiger partial charge in [0.25, 0.3) is 11.6 Å². The fourth-order valence-electron chi connectivity index (χ4n) is 2.51. The van der Waals surface area contributed by atoms with E-state index in [2.05, 4.69) is 10.6 Å². The number of non-ortho nitro benzene ring substituents is 1. The van der Waals surface area contributed by atoms with Gasteiger partial charge in [-0.05, 0) is 30.5 Å². The second-order valence-corrected chi connectivity index (χ2v) is 6.76. The quantitative estimate of drug-likeness (QED) is 0.397. The number of amides is 1. The SMILES string of the molecule is O=C(COC(=O)c1cc([N+](=O)[O-])ccc1NCc1ccccc1Cl)NC1CC1. The van der Waals surface area contributed by atoms with Gasteiger partial charge >= 0.3 is 5.97 Å². The number of nitro groups is 1. The van der Waals surface area contributed by atoms with E-state index in [1.165, 1.54) is 12.1 Å². The monoisotopic (exact) mass is 403 g/mol. The Morgan fingerprint density at radius 2 is 1.96 bits per heavy atom. The first-order valence-corrected chi connectivity index (χ1v) is 9.04. The van der Waals surface area contributed by atoms with Crippen LogP contribution in [0, 0.1) is 10.1 Å².